The van der Waals surface area contributed by atoms with Gasteiger partial charge in [0.05, 0.1) is 12.6 Å². The van der Waals surface area contributed by atoms with Crippen molar-refractivity contribution in [2.45, 2.75) is 26.8 Å². The largest absolute Gasteiger partial charge is 0.394 e. The van der Waals surface area contributed by atoms with E-state index in [-0.39, 0.29) is 18.6 Å². The minimum absolute atomic E-state index is 0.0876. The zero-order valence-electron chi connectivity index (χ0n) is 9.90. The van der Waals surface area contributed by atoms with Crippen molar-refractivity contribution in [1.82, 2.24) is 10.3 Å². The average molecular weight is 222 g/mol. The topological polar surface area (TPSA) is 62.2 Å². The number of carbonyl (C=O) groups is 1. The number of carbonyl (C=O) groups excluding carboxylic acids is 1. The first-order valence-corrected chi connectivity index (χ1v) is 5.27. The van der Waals surface area contributed by atoms with Crippen LogP contribution in [0.2, 0.25) is 0 Å². The van der Waals surface area contributed by atoms with Crippen LogP contribution in [0.3, 0.4) is 0 Å². The molecule has 0 radical (unpaired) electrons. The Labute approximate surface area is 95.7 Å². The summed E-state index contributed by atoms with van der Waals surface area (Å²) in [5.41, 5.74) is 0.345. The molecule has 1 rings (SSSR count). The number of aliphatic hydroxyl groups excluding tert-OH is 1. The molecule has 0 aromatic carbocycles. The van der Waals surface area contributed by atoms with Crippen molar-refractivity contribution in [1.29, 1.82) is 0 Å². The molecule has 4 nitrogen and oxygen atoms in total. The molecule has 0 saturated heterocycles. The number of nitrogens with zero attached hydrogens (tertiary/aromatic N) is 1. The first kappa shape index (κ1) is 12.6. The summed E-state index contributed by atoms with van der Waals surface area (Å²) in [6, 6.07) is 3.22. The van der Waals surface area contributed by atoms with E-state index < -0.39 is 5.41 Å². The Bertz CT molecular complexity index is 344. The van der Waals surface area contributed by atoms with E-state index in [1.165, 1.54) is 0 Å². The molecule has 4 heteroatoms. The van der Waals surface area contributed by atoms with Gasteiger partial charge in [-0.1, -0.05) is 26.8 Å². The highest BCUT2D eigenvalue weighted by Gasteiger charge is 2.24. The van der Waals surface area contributed by atoms with Gasteiger partial charge >= 0.3 is 0 Å². The van der Waals surface area contributed by atoms with Gasteiger partial charge in [0.25, 0.3) is 0 Å². The van der Waals surface area contributed by atoms with Crippen molar-refractivity contribution in [2.75, 3.05) is 6.61 Å². The third-order valence-corrected chi connectivity index (χ3v) is 2.26. The Morgan fingerprint density at radius 2 is 2.25 bits per heavy atom. The Morgan fingerprint density at radius 1 is 1.56 bits per heavy atom. The molecule has 1 aromatic heterocycles. The van der Waals surface area contributed by atoms with Crippen LogP contribution in [0.25, 0.3) is 0 Å². The van der Waals surface area contributed by atoms with Crippen LogP contribution in [-0.4, -0.2) is 22.6 Å². The Hall–Kier alpha value is -1.42. The normalized spacial score (nSPS) is 13.2. The second kappa shape index (κ2) is 5.07. The van der Waals surface area contributed by atoms with E-state index >= 15 is 0 Å². The lowest BCUT2D eigenvalue weighted by atomic mass is 9.95. The number of pyridine rings is 1. The van der Waals surface area contributed by atoms with Gasteiger partial charge < -0.3 is 10.4 Å². The first-order valence-electron chi connectivity index (χ1n) is 5.27. The zero-order chi connectivity index (χ0) is 12.2. The van der Waals surface area contributed by atoms with Crippen molar-refractivity contribution < 1.29 is 9.90 Å². The van der Waals surface area contributed by atoms with Gasteiger partial charge in [-0.05, 0) is 11.6 Å². The van der Waals surface area contributed by atoms with E-state index in [0.29, 0.717) is 0 Å². The van der Waals surface area contributed by atoms with Crippen molar-refractivity contribution in [2.24, 2.45) is 5.41 Å². The summed E-state index contributed by atoms with van der Waals surface area (Å²) in [4.78, 5) is 15.7. The molecule has 1 heterocycles. The molecule has 1 atom stereocenters. The molecule has 0 fully saturated rings. The number of amides is 1. The standard InChI is InChI=1S/C12H18N2O2/c1-12(2,3)11(16)14-10(8-15)9-5-4-6-13-7-9/h4-7,10,15H,8H2,1-3H3,(H,14,16)/t10-/m0/s1. The van der Waals surface area contributed by atoms with Gasteiger partial charge in [-0.25, -0.2) is 0 Å². The molecular weight excluding hydrogens is 204 g/mol. The van der Waals surface area contributed by atoms with Gasteiger partial charge in [0, 0.05) is 17.8 Å². The van der Waals surface area contributed by atoms with E-state index in [0.717, 1.165) is 5.56 Å². The van der Waals surface area contributed by atoms with Crippen LogP contribution >= 0.6 is 0 Å². The van der Waals surface area contributed by atoms with Crippen LogP contribution in [-0.2, 0) is 4.79 Å². The number of hydrogen-bond acceptors (Lipinski definition) is 3. The van der Waals surface area contributed by atoms with Gasteiger partial charge in [-0.3, -0.25) is 9.78 Å². The fourth-order valence-corrected chi connectivity index (χ4v) is 1.19. The molecule has 0 aliphatic rings. The Morgan fingerprint density at radius 3 is 2.69 bits per heavy atom. The van der Waals surface area contributed by atoms with E-state index in [1.807, 2.05) is 26.8 Å². The maximum atomic E-state index is 11.8. The predicted octanol–water partition coefficient (Wildman–Crippen LogP) is 1.28. The van der Waals surface area contributed by atoms with E-state index in [4.69, 9.17) is 0 Å². The van der Waals surface area contributed by atoms with Gasteiger partial charge in [0.15, 0.2) is 0 Å². The van der Waals surface area contributed by atoms with Crippen LogP contribution in [0.15, 0.2) is 24.5 Å². The summed E-state index contributed by atoms with van der Waals surface area (Å²) >= 11 is 0. The smallest absolute Gasteiger partial charge is 0.225 e. The molecule has 1 amide bonds. The molecule has 1 aromatic rings. The molecule has 16 heavy (non-hydrogen) atoms. The summed E-state index contributed by atoms with van der Waals surface area (Å²) < 4.78 is 0. The van der Waals surface area contributed by atoms with Crippen LogP contribution in [0.1, 0.15) is 32.4 Å². The predicted molar refractivity (Wildman–Crippen MR) is 61.7 cm³/mol. The highest BCUT2D eigenvalue weighted by atomic mass is 16.3. The highest BCUT2D eigenvalue weighted by molar-refractivity contribution is 5.81. The van der Waals surface area contributed by atoms with Crippen molar-refractivity contribution in [3.63, 3.8) is 0 Å². The summed E-state index contributed by atoms with van der Waals surface area (Å²) in [5.74, 6) is -0.0876. The molecule has 0 aliphatic carbocycles. The van der Waals surface area contributed by atoms with E-state index in [2.05, 4.69) is 10.3 Å². The molecule has 0 saturated carbocycles. The monoisotopic (exact) mass is 222 g/mol. The van der Waals surface area contributed by atoms with E-state index in [1.54, 1.807) is 18.5 Å². The molecule has 0 bridgehead atoms. The third kappa shape index (κ3) is 3.31. The molecule has 0 spiro atoms. The van der Waals surface area contributed by atoms with Gasteiger partial charge in [0.1, 0.15) is 0 Å². The lowest BCUT2D eigenvalue weighted by Gasteiger charge is -2.23. The van der Waals surface area contributed by atoms with Gasteiger partial charge in [0.2, 0.25) is 5.91 Å². The van der Waals surface area contributed by atoms with Crippen LogP contribution in [0.5, 0.6) is 0 Å². The zero-order valence-corrected chi connectivity index (χ0v) is 9.90. The number of rotatable bonds is 3. The number of nitrogens with one attached hydrogen (secondary N) is 1. The van der Waals surface area contributed by atoms with Crippen LogP contribution < -0.4 is 5.32 Å². The molecule has 88 valence electrons. The fraction of sp³-hybridized carbons (Fsp3) is 0.500. The number of hydrogen-bond donors (Lipinski definition) is 2. The lowest BCUT2D eigenvalue weighted by Crippen LogP contribution is -2.38. The van der Waals surface area contributed by atoms with E-state index in [9.17, 15) is 9.90 Å². The summed E-state index contributed by atoms with van der Waals surface area (Å²) in [6.45, 7) is 5.37. The highest BCUT2D eigenvalue weighted by Crippen LogP contribution is 2.17. The molecule has 0 aliphatic heterocycles. The minimum Gasteiger partial charge on any atom is -0.394 e. The van der Waals surface area contributed by atoms with Crippen LogP contribution in [0.4, 0.5) is 0 Å². The number of aromatic nitrogens is 1. The SMILES string of the molecule is CC(C)(C)C(=O)N[C@@H](CO)c1cccnc1. The first-order chi connectivity index (χ1) is 7.45. The maximum absolute atomic E-state index is 11.8. The van der Waals surface area contributed by atoms with Gasteiger partial charge in [-0.15, -0.1) is 0 Å². The van der Waals surface area contributed by atoms with Gasteiger partial charge in [-0.2, -0.15) is 0 Å². The van der Waals surface area contributed by atoms with Crippen LogP contribution in [0, 0.1) is 5.41 Å². The minimum atomic E-state index is -0.463. The summed E-state index contributed by atoms with van der Waals surface area (Å²) in [5, 5.41) is 12.0. The molecular formula is C12H18N2O2. The van der Waals surface area contributed by atoms with Crippen molar-refractivity contribution in [3.8, 4) is 0 Å². The third-order valence-electron chi connectivity index (χ3n) is 2.26. The Balaban J connectivity index is 2.75. The summed E-state index contributed by atoms with van der Waals surface area (Å²) in [6.07, 6.45) is 3.30. The Kier molecular flexibility index (Phi) is 4.01. The second-order valence-corrected chi connectivity index (χ2v) is 4.74. The average Bonchev–Trinajstić information content (AvgIpc) is 2.25. The summed E-state index contributed by atoms with van der Waals surface area (Å²) in [7, 11) is 0. The van der Waals surface area contributed by atoms with Crippen molar-refractivity contribution in [3.05, 3.63) is 30.1 Å². The number of aliphatic hydroxyl groups is 1. The quantitative estimate of drug-likeness (QED) is 0.809. The molecule has 2 N–H and O–H groups in total. The maximum Gasteiger partial charge on any atom is 0.225 e. The second-order valence-electron chi connectivity index (χ2n) is 4.74. The van der Waals surface area contributed by atoms with Crippen molar-refractivity contribution >= 4 is 5.91 Å². The fourth-order valence-electron chi connectivity index (χ4n) is 1.19. The molecule has 0 unspecified atom stereocenters. The lowest BCUT2D eigenvalue weighted by molar-refractivity contribution is -0.129.